The zero-order chi connectivity index (χ0) is 29.8. The van der Waals surface area contributed by atoms with Gasteiger partial charge in [0.1, 0.15) is 0 Å². The Hall–Kier alpha value is -4.29. The predicted molar refractivity (Wildman–Crippen MR) is 168 cm³/mol. The van der Waals surface area contributed by atoms with E-state index < -0.39 is 0 Å². The van der Waals surface area contributed by atoms with Crippen LogP contribution < -0.4 is 10.6 Å². The molecule has 1 aliphatic carbocycles. The van der Waals surface area contributed by atoms with Crippen molar-refractivity contribution < 1.29 is 9.59 Å². The Morgan fingerprint density at radius 2 is 2.00 bits per heavy atom. The highest BCUT2D eigenvalue weighted by Gasteiger charge is 2.39. The van der Waals surface area contributed by atoms with Gasteiger partial charge in [-0.15, -0.1) is 11.3 Å². The quantitative estimate of drug-likeness (QED) is 0.160. The van der Waals surface area contributed by atoms with Crippen molar-refractivity contribution >= 4 is 39.7 Å². The van der Waals surface area contributed by atoms with Gasteiger partial charge in [0.05, 0.1) is 28.8 Å². The molecule has 1 aliphatic heterocycles. The number of Topliss-reactive ketones (excluding diaryl/α,β-unsaturated/α-hetero) is 1. The minimum Gasteiger partial charge on any atom is -0.370 e. The molecule has 2 N–H and O–H groups in total. The summed E-state index contributed by atoms with van der Waals surface area (Å²) in [7, 11) is 0. The van der Waals surface area contributed by atoms with Crippen molar-refractivity contribution in [2.45, 2.75) is 46.0 Å². The van der Waals surface area contributed by atoms with Gasteiger partial charge in [0.15, 0.2) is 10.8 Å². The monoisotopic (exact) mass is 580 g/mol. The van der Waals surface area contributed by atoms with E-state index in [9.17, 15) is 9.59 Å². The fraction of sp³-hybridized carbons (Fsp3) is 0.273. The van der Waals surface area contributed by atoms with E-state index in [1.54, 1.807) is 31.0 Å². The molecule has 1 aromatic carbocycles. The second-order valence-corrected chi connectivity index (χ2v) is 11.3. The second-order valence-electron chi connectivity index (χ2n) is 9.53. The number of amides is 1. The number of nitrogens with one attached hydrogen (secondary N) is 2. The second kappa shape index (κ2) is 14.9. The Morgan fingerprint density at radius 1 is 1.22 bits per heavy atom. The minimum absolute atomic E-state index is 0.0331. The number of ketones is 1. The molecule has 1 aromatic heterocycles. The smallest absolute Gasteiger partial charge is 0.267 e. The average Bonchev–Trinajstić information content (AvgIpc) is 3.35. The van der Waals surface area contributed by atoms with Gasteiger partial charge in [-0.05, 0) is 79.8 Å². The highest BCUT2D eigenvalue weighted by molar-refractivity contribution is 8.11. The number of hydrogen-bond donors (Lipinski definition) is 2. The van der Waals surface area contributed by atoms with Crippen LogP contribution in [0.4, 0.5) is 0 Å². The van der Waals surface area contributed by atoms with Gasteiger partial charge in [-0.3, -0.25) is 9.59 Å². The molecule has 0 spiro atoms. The van der Waals surface area contributed by atoms with Gasteiger partial charge in [0.2, 0.25) is 0 Å². The summed E-state index contributed by atoms with van der Waals surface area (Å²) in [6.07, 6.45) is 7.69. The van der Waals surface area contributed by atoms with E-state index in [1.807, 2.05) is 35.9 Å². The van der Waals surface area contributed by atoms with Crippen LogP contribution in [0.25, 0.3) is 4.91 Å². The molecule has 2 aliphatic rings. The Bertz CT molecular complexity index is 1590. The number of hydrogen-bond acceptors (Lipinski definition) is 7. The maximum absolute atomic E-state index is 12.0. The van der Waals surface area contributed by atoms with E-state index in [2.05, 4.69) is 64.6 Å². The summed E-state index contributed by atoms with van der Waals surface area (Å²) < 4.78 is 0. The zero-order valence-electron chi connectivity index (χ0n) is 23.7. The largest absolute Gasteiger partial charge is 0.370 e. The highest BCUT2D eigenvalue weighted by atomic mass is 32.2. The van der Waals surface area contributed by atoms with E-state index in [-0.39, 0.29) is 23.9 Å². The number of nitrogens with zero attached hydrogens (tertiary/aromatic N) is 2. The Balaban J connectivity index is 0.000000237. The van der Waals surface area contributed by atoms with Gasteiger partial charge in [0.25, 0.3) is 5.91 Å². The lowest BCUT2D eigenvalue weighted by Crippen LogP contribution is -2.33. The molecule has 0 atom stereocenters. The first kappa shape index (κ1) is 31.2. The first-order valence-corrected chi connectivity index (χ1v) is 14.8. The minimum atomic E-state index is -0.329. The summed E-state index contributed by atoms with van der Waals surface area (Å²) in [6, 6.07) is 8.41. The first-order chi connectivity index (χ1) is 19.7. The van der Waals surface area contributed by atoms with Crippen LogP contribution in [-0.4, -0.2) is 29.8 Å². The molecule has 1 fully saturated rings. The van der Waals surface area contributed by atoms with Gasteiger partial charge in [0, 0.05) is 29.1 Å². The summed E-state index contributed by atoms with van der Waals surface area (Å²) in [5.41, 5.74) is 11.1. The molecule has 0 saturated heterocycles. The average molecular weight is 581 g/mol. The Kier molecular flexibility index (Phi) is 11.4. The van der Waals surface area contributed by atoms with Gasteiger partial charge in [-0.2, -0.15) is 5.26 Å². The number of allylic oxidation sites excluding steroid dienone is 2. The fourth-order valence-corrected chi connectivity index (χ4v) is 5.00. The number of thioether (sulfide) groups is 1. The number of carbonyl (C=O) groups excluding carboxylic acids is 2. The molecule has 4 rings (SSSR count). The highest BCUT2D eigenvalue weighted by Crippen LogP contribution is 2.48. The van der Waals surface area contributed by atoms with Crippen LogP contribution in [0, 0.1) is 23.2 Å². The number of carbonyl (C=O) groups is 2. The molecule has 2 aromatic rings. The van der Waals surface area contributed by atoms with Crippen LogP contribution in [0.15, 0.2) is 82.2 Å². The summed E-state index contributed by atoms with van der Waals surface area (Å²) in [5, 5.41) is 19.2. The molecule has 0 unspecified atom stereocenters. The molecule has 8 heteroatoms. The molecule has 41 heavy (non-hydrogen) atoms. The van der Waals surface area contributed by atoms with Crippen molar-refractivity contribution in [1.29, 1.82) is 5.26 Å². The summed E-state index contributed by atoms with van der Waals surface area (Å²) >= 11 is 3.07. The number of thiazole rings is 1. The standard InChI is InChI=1S/C18H21N3O2S.C15H11NS/c1-5-15(16(6-2)14(4)22)12-21-18(23)13(3)19-9-7-8-17-20-10-11-24-17;1-15(4-5-15)13-8-11(10-16)7-12(9-13)14-3-2-6-17-14/h5-6,10-11,19H,3,9,12H2,1-2,4H3,(H,21,23);6-9H,4-5H2,1H3/b15-5-,16-6-;. The summed E-state index contributed by atoms with van der Waals surface area (Å²) in [4.78, 5) is 28.7. The number of rotatable bonds is 9. The Morgan fingerprint density at radius 3 is 2.56 bits per heavy atom. The SMILES string of the molecule is C=C(NCC#Cc1nccs1)C(=O)NCC(=C/C)/C(=C\C)C(C)=O.CC1(c2cc(C#N)cc(C3=C=C=CS3)c2)CC1. The van der Waals surface area contributed by atoms with Crippen LogP contribution >= 0.6 is 23.1 Å². The lowest BCUT2D eigenvalue weighted by atomic mass is 9.94. The first-order valence-electron chi connectivity index (χ1n) is 13.1. The molecule has 6 nitrogen and oxygen atoms in total. The van der Waals surface area contributed by atoms with E-state index in [0.29, 0.717) is 17.5 Å². The van der Waals surface area contributed by atoms with Crippen molar-refractivity contribution in [2.24, 2.45) is 0 Å². The van der Waals surface area contributed by atoms with Crippen LogP contribution in [0.1, 0.15) is 62.2 Å². The van der Waals surface area contributed by atoms with Gasteiger partial charge >= 0.3 is 0 Å². The lowest BCUT2D eigenvalue weighted by Gasteiger charge is -2.12. The third kappa shape index (κ3) is 9.12. The topological polar surface area (TPSA) is 94.9 Å². The summed E-state index contributed by atoms with van der Waals surface area (Å²) in [5.74, 6) is 5.39. The van der Waals surface area contributed by atoms with E-state index in [1.165, 1.54) is 36.7 Å². The maximum atomic E-state index is 12.0. The number of nitriles is 1. The zero-order valence-corrected chi connectivity index (χ0v) is 25.3. The Labute approximate surface area is 250 Å². The molecule has 0 radical (unpaired) electrons. The van der Waals surface area contributed by atoms with Crippen molar-refractivity contribution in [1.82, 2.24) is 15.6 Å². The molecular weight excluding hydrogens is 549 g/mol. The van der Waals surface area contributed by atoms with Crippen molar-refractivity contribution in [2.75, 3.05) is 13.1 Å². The normalized spacial score (nSPS) is 14.5. The van der Waals surface area contributed by atoms with Gasteiger partial charge in [-0.1, -0.05) is 54.8 Å². The number of aromatic nitrogens is 1. The third-order valence-corrected chi connectivity index (χ3v) is 8.03. The number of benzene rings is 1. The van der Waals surface area contributed by atoms with Crippen LogP contribution in [0.2, 0.25) is 0 Å². The van der Waals surface area contributed by atoms with E-state index in [4.69, 9.17) is 5.26 Å². The van der Waals surface area contributed by atoms with Crippen LogP contribution in [0.5, 0.6) is 0 Å². The predicted octanol–water partition coefficient (Wildman–Crippen LogP) is 6.16. The van der Waals surface area contributed by atoms with Crippen LogP contribution in [-0.2, 0) is 15.0 Å². The molecule has 2 heterocycles. The molecule has 1 amide bonds. The van der Waals surface area contributed by atoms with Gasteiger partial charge < -0.3 is 10.6 Å². The maximum Gasteiger partial charge on any atom is 0.267 e. The molecule has 0 bridgehead atoms. The molecule has 208 valence electrons. The summed E-state index contributed by atoms with van der Waals surface area (Å²) in [6.45, 7) is 11.6. The van der Waals surface area contributed by atoms with Crippen LogP contribution in [0.3, 0.4) is 0 Å². The van der Waals surface area contributed by atoms with E-state index in [0.717, 1.165) is 26.6 Å². The third-order valence-electron chi connectivity index (χ3n) is 6.54. The van der Waals surface area contributed by atoms with E-state index >= 15 is 0 Å². The molecular formula is C33H32N4O2S2. The molecule has 1 saturated carbocycles. The van der Waals surface area contributed by atoms with Crippen molar-refractivity contribution in [3.63, 3.8) is 0 Å². The van der Waals surface area contributed by atoms with Gasteiger partial charge in [-0.25, -0.2) is 4.98 Å². The van der Waals surface area contributed by atoms with Crippen molar-refractivity contribution in [3.8, 4) is 17.9 Å². The fourth-order valence-electron chi connectivity index (χ4n) is 3.89. The lowest BCUT2D eigenvalue weighted by molar-refractivity contribution is -0.118. The van der Waals surface area contributed by atoms with Crippen molar-refractivity contribution in [3.05, 3.63) is 104 Å².